The molecule has 0 aliphatic rings. The molecule has 1 rings (SSSR count). The van der Waals surface area contributed by atoms with E-state index in [9.17, 15) is 0 Å². The molecule has 0 radical (unpaired) electrons. The Bertz CT molecular complexity index is 368. The van der Waals surface area contributed by atoms with Gasteiger partial charge in [0.25, 0.3) is 0 Å². The van der Waals surface area contributed by atoms with Crippen LogP contribution in [0.25, 0.3) is 0 Å². The van der Waals surface area contributed by atoms with Crippen LogP contribution >= 0.6 is 27.5 Å². The second-order valence-corrected chi connectivity index (χ2v) is 6.14. The molecule has 0 spiro atoms. The molecule has 0 bridgehead atoms. The fraction of sp³-hybridized carbons (Fsp3) is 0.600. The van der Waals surface area contributed by atoms with Crippen molar-refractivity contribution in [3.63, 3.8) is 0 Å². The molecule has 3 heteroatoms. The lowest BCUT2D eigenvalue weighted by Crippen LogP contribution is -2.00. The lowest BCUT2D eigenvalue weighted by atomic mass is 9.98. The first-order valence-electron chi connectivity index (χ1n) is 6.64. The first-order valence-corrected chi connectivity index (χ1v) is 7.87. The minimum atomic E-state index is 0.0801. The van der Waals surface area contributed by atoms with Gasteiger partial charge in [0.1, 0.15) is 5.75 Å². The van der Waals surface area contributed by atoms with Crippen LogP contribution in [0.5, 0.6) is 5.75 Å². The molecule has 1 aromatic carbocycles. The van der Waals surface area contributed by atoms with Gasteiger partial charge in [0.05, 0.1) is 16.5 Å². The normalized spacial score (nSPS) is 14.3. The Morgan fingerprint density at radius 1 is 1.33 bits per heavy atom. The Morgan fingerprint density at radius 3 is 2.61 bits per heavy atom. The van der Waals surface area contributed by atoms with Crippen LogP contribution in [0, 0.1) is 5.92 Å². The van der Waals surface area contributed by atoms with Crippen molar-refractivity contribution < 1.29 is 4.74 Å². The highest BCUT2D eigenvalue weighted by molar-refractivity contribution is 9.10. The van der Waals surface area contributed by atoms with E-state index < -0.39 is 0 Å². The van der Waals surface area contributed by atoms with E-state index in [0.29, 0.717) is 5.92 Å². The summed E-state index contributed by atoms with van der Waals surface area (Å²) in [6, 6.07) is 6.14. The van der Waals surface area contributed by atoms with Gasteiger partial charge >= 0.3 is 0 Å². The second kappa shape index (κ2) is 8.06. The summed E-state index contributed by atoms with van der Waals surface area (Å²) in [4.78, 5) is 0. The molecule has 1 nitrogen and oxygen atoms in total. The molecule has 0 aliphatic heterocycles. The van der Waals surface area contributed by atoms with Crippen molar-refractivity contribution in [3.05, 3.63) is 28.2 Å². The van der Waals surface area contributed by atoms with Crippen molar-refractivity contribution in [3.8, 4) is 5.75 Å². The van der Waals surface area contributed by atoms with Gasteiger partial charge in [-0.3, -0.25) is 0 Å². The molecule has 0 aliphatic carbocycles. The van der Waals surface area contributed by atoms with Crippen LogP contribution < -0.4 is 4.74 Å². The average Bonchev–Trinajstić information content (AvgIpc) is 2.37. The van der Waals surface area contributed by atoms with Crippen LogP contribution in [-0.2, 0) is 0 Å². The molecule has 2 atom stereocenters. The summed E-state index contributed by atoms with van der Waals surface area (Å²) >= 11 is 9.99. The van der Waals surface area contributed by atoms with E-state index in [1.165, 1.54) is 6.42 Å². The summed E-state index contributed by atoms with van der Waals surface area (Å²) < 4.78 is 6.62. The SMILES string of the molecule is CCCOc1ccc(C(Cl)CC(C)CC)cc1Br. The number of rotatable bonds is 7. The maximum atomic E-state index is 6.45. The van der Waals surface area contributed by atoms with Gasteiger partial charge in [-0.2, -0.15) is 0 Å². The Balaban J connectivity index is 2.70. The van der Waals surface area contributed by atoms with Crippen LogP contribution in [0.3, 0.4) is 0 Å². The van der Waals surface area contributed by atoms with Gasteiger partial charge < -0.3 is 4.74 Å². The van der Waals surface area contributed by atoms with Crippen LogP contribution in [0.2, 0.25) is 0 Å². The van der Waals surface area contributed by atoms with Gasteiger partial charge in [0, 0.05) is 0 Å². The monoisotopic (exact) mass is 332 g/mol. The van der Waals surface area contributed by atoms with E-state index >= 15 is 0 Å². The highest BCUT2D eigenvalue weighted by Gasteiger charge is 2.13. The largest absolute Gasteiger partial charge is 0.492 e. The fourth-order valence-corrected chi connectivity index (χ4v) is 2.65. The maximum absolute atomic E-state index is 6.45. The summed E-state index contributed by atoms with van der Waals surface area (Å²) in [5.41, 5.74) is 1.16. The van der Waals surface area contributed by atoms with Crippen LogP contribution in [0.15, 0.2) is 22.7 Å². The zero-order chi connectivity index (χ0) is 13.5. The van der Waals surface area contributed by atoms with E-state index in [0.717, 1.165) is 35.2 Å². The summed E-state index contributed by atoms with van der Waals surface area (Å²) in [7, 11) is 0. The number of halogens is 2. The molecule has 18 heavy (non-hydrogen) atoms. The van der Waals surface area contributed by atoms with Crippen molar-refractivity contribution in [2.24, 2.45) is 5.92 Å². The Kier molecular flexibility index (Phi) is 7.10. The van der Waals surface area contributed by atoms with Gasteiger partial charge in [-0.25, -0.2) is 0 Å². The first-order chi connectivity index (χ1) is 8.58. The standard InChI is InChI=1S/C15H22BrClO/c1-4-8-18-15-7-6-12(10-13(15)16)14(17)9-11(3)5-2/h6-7,10-11,14H,4-5,8-9H2,1-3H3. The maximum Gasteiger partial charge on any atom is 0.133 e. The van der Waals surface area contributed by atoms with Crippen LogP contribution in [0.1, 0.15) is 51.0 Å². The number of hydrogen-bond acceptors (Lipinski definition) is 1. The molecular weight excluding hydrogens is 312 g/mol. The minimum absolute atomic E-state index is 0.0801. The number of ether oxygens (including phenoxy) is 1. The molecule has 0 saturated carbocycles. The Morgan fingerprint density at radius 2 is 2.06 bits per heavy atom. The summed E-state index contributed by atoms with van der Waals surface area (Å²) in [6.45, 7) is 7.29. The lowest BCUT2D eigenvalue weighted by Gasteiger charge is -2.16. The Hall–Kier alpha value is -0.210. The molecule has 0 aromatic heterocycles. The van der Waals surface area contributed by atoms with E-state index in [-0.39, 0.29) is 5.38 Å². The summed E-state index contributed by atoms with van der Waals surface area (Å²) in [5.74, 6) is 1.55. The Labute approximate surface area is 124 Å². The quantitative estimate of drug-likeness (QED) is 0.560. The number of benzene rings is 1. The molecule has 0 saturated heterocycles. The number of alkyl halides is 1. The fourth-order valence-electron chi connectivity index (χ4n) is 1.70. The smallest absolute Gasteiger partial charge is 0.133 e. The third-order valence-corrected chi connectivity index (χ3v) is 4.14. The molecule has 102 valence electrons. The van der Waals surface area contributed by atoms with Crippen LogP contribution in [-0.4, -0.2) is 6.61 Å². The van der Waals surface area contributed by atoms with Crippen molar-refractivity contribution in [1.82, 2.24) is 0 Å². The van der Waals surface area contributed by atoms with E-state index in [1.807, 2.05) is 6.07 Å². The molecule has 0 N–H and O–H groups in total. The molecule has 2 unspecified atom stereocenters. The van der Waals surface area contributed by atoms with E-state index in [2.05, 4.69) is 48.8 Å². The van der Waals surface area contributed by atoms with Gasteiger partial charge in [-0.05, 0) is 52.4 Å². The first kappa shape index (κ1) is 15.8. The van der Waals surface area contributed by atoms with E-state index in [4.69, 9.17) is 16.3 Å². The van der Waals surface area contributed by atoms with Crippen molar-refractivity contribution >= 4 is 27.5 Å². The van der Waals surface area contributed by atoms with Gasteiger partial charge in [0.2, 0.25) is 0 Å². The molecule has 0 heterocycles. The van der Waals surface area contributed by atoms with Gasteiger partial charge in [0.15, 0.2) is 0 Å². The topological polar surface area (TPSA) is 9.23 Å². The third-order valence-electron chi connectivity index (χ3n) is 3.09. The van der Waals surface area contributed by atoms with Crippen LogP contribution in [0.4, 0.5) is 0 Å². The van der Waals surface area contributed by atoms with Crippen molar-refractivity contribution in [2.45, 2.75) is 45.4 Å². The predicted octanol–water partition coefficient (Wildman–Crippen LogP) is 5.95. The molecular formula is C15H22BrClO. The second-order valence-electron chi connectivity index (χ2n) is 4.75. The molecule has 0 fully saturated rings. The van der Waals surface area contributed by atoms with E-state index in [1.54, 1.807) is 0 Å². The minimum Gasteiger partial charge on any atom is -0.492 e. The number of hydrogen-bond donors (Lipinski definition) is 0. The predicted molar refractivity (Wildman–Crippen MR) is 82.6 cm³/mol. The summed E-state index contributed by atoms with van der Waals surface area (Å²) in [6.07, 6.45) is 3.20. The summed E-state index contributed by atoms with van der Waals surface area (Å²) in [5, 5.41) is 0.0801. The molecule has 1 aromatic rings. The third kappa shape index (κ3) is 4.81. The van der Waals surface area contributed by atoms with Crippen molar-refractivity contribution in [1.29, 1.82) is 0 Å². The highest BCUT2D eigenvalue weighted by atomic mass is 79.9. The van der Waals surface area contributed by atoms with Gasteiger partial charge in [-0.15, -0.1) is 11.6 Å². The van der Waals surface area contributed by atoms with Crippen molar-refractivity contribution in [2.75, 3.05) is 6.61 Å². The highest BCUT2D eigenvalue weighted by Crippen LogP contribution is 2.34. The molecule has 0 amide bonds. The zero-order valence-electron chi connectivity index (χ0n) is 11.4. The lowest BCUT2D eigenvalue weighted by molar-refractivity contribution is 0.315. The average molecular weight is 334 g/mol. The zero-order valence-corrected chi connectivity index (χ0v) is 13.7. The van der Waals surface area contributed by atoms with Gasteiger partial charge in [-0.1, -0.05) is 33.3 Å².